The van der Waals surface area contributed by atoms with Crippen LogP contribution in [-0.4, -0.2) is 26.2 Å². The van der Waals surface area contributed by atoms with E-state index in [9.17, 15) is 9.59 Å². The molecule has 0 saturated heterocycles. The van der Waals surface area contributed by atoms with E-state index in [-0.39, 0.29) is 11.9 Å². The molecule has 0 aliphatic rings. The Labute approximate surface area is 253 Å². The fourth-order valence-electron chi connectivity index (χ4n) is 6.95. The molecule has 4 heteroatoms. The Bertz CT molecular complexity index is 2240. The van der Waals surface area contributed by atoms with E-state index in [4.69, 9.17) is 9.47 Å². The predicted octanol–water partition coefficient (Wildman–Crippen LogP) is 9.80. The molecule has 4 nitrogen and oxygen atoms in total. The van der Waals surface area contributed by atoms with Gasteiger partial charge in [0.05, 0.1) is 25.3 Å². The summed E-state index contributed by atoms with van der Waals surface area (Å²) >= 11 is 0. The third kappa shape index (κ3) is 3.71. The largest absolute Gasteiger partial charge is 0.465 e. The lowest BCUT2D eigenvalue weighted by atomic mass is 9.80. The van der Waals surface area contributed by atoms with Gasteiger partial charge in [-0.25, -0.2) is 9.59 Å². The van der Waals surface area contributed by atoms with Crippen LogP contribution in [0.3, 0.4) is 0 Å². The Hall–Kier alpha value is -5.74. The van der Waals surface area contributed by atoms with Crippen LogP contribution in [0.2, 0.25) is 0 Å². The molecule has 8 aromatic carbocycles. The van der Waals surface area contributed by atoms with Gasteiger partial charge in [-0.05, 0) is 100 Å². The number of methoxy groups -OCH3 is 2. The van der Waals surface area contributed by atoms with Gasteiger partial charge in [-0.2, -0.15) is 0 Å². The van der Waals surface area contributed by atoms with Crippen LogP contribution in [-0.2, 0) is 9.47 Å². The highest BCUT2D eigenvalue weighted by molar-refractivity contribution is 6.40. The molecule has 0 N–H and O–H groups in total. The van der Waals surface area contributed by atoms with Crippen LogP contribution in [0.1, 0.15) is 20.7 Å². The van der Waals surface area contributed by atoms with Crippen LogP contribution in [0.25, 0.3) is 76.1 Å². The summed E-state index contributed by atoms with van der Waals surface area (Å²) in [5.41, 5.74) is 5.29. The van der Waals surface area contributed by atoms with Crippen molar-refractivity contribution in [3.63, 3.8) is 0 Å². The molecule has 8 rings (SSSR count). The zero-order chi connectivity index (χ0) is 29.9. The maximum Gasteiger partial charge on any atom is 0.337 e. The number of benzene rings is 8. The van der Waals surface area contributed by atoms with Crippen LogP contribution in [0.4, 0.5) is 0 Å². The third-order valence-electron chi connectivity index (χ3n) is 8.83. The summed E-state index contributed by atoms with van der Waals surface area (Å²) in [6.45, 7) is 0. The van der Waals surface area contributed by atoms with Crippen LogP contribution in [0, 0.1) is 0 Å². The topological polar surface area (TPSA) is 52.6 Å². The number of carbonyl (C=O) groups is 2. The summed E-state index contributed by atoms with van der Waals surface area (Å²) < 4.78 is 9.97. The van der Waals surface area contributed by atoms with Gasteiger partial charge in [0.1, 0.15) is 0 Å². The second-order valence-corrected chi connectivity index (χ2v) is 11.1. The highest BCUT2D eigenvalue weighted by Crippen LogP contribution is 2.51. The Morgan fingerprint density at radius 2 is 0.750 bits per heavy atom. The number of rotatable bonds is 4. The molecule has 210 valence electrons. The van der Waals surface area contributed by atoms with Gasteiger partial charge in [-0.3, -0.25) is 0 Å². The number of ether oxygens (including phenoxy) is 2. The lowest BCUT2D eigenvalue weighted by Crippen LogP contribution is -2.01. The first-order valence-corrected chi connectivity index (χ1v) is 14.5. The van der Waals surface area contributed by atoms with Gasteiger partial charge in [0.2, 0.25) is 0 Å². The molecule has 0 spiro atoms. The molecule has 0 aliphatic carbocycles. The van der Waals surface area contributed by atoms with Crippen LogP contribution >= 0.6 is 0 Å². The summed E-state index contributed by atoms with van der Waals surface area (Å²) in [4.78, 5) is 24.7. The minimum absolute atomic E-state index is 0.361. The third-order valence-corrected chi connectivity index (χ3v) is 8.83. The molecule has 0 amide bonds. The van der Waals surface area contributed by atoms with Crippen molar-refractivity contribution in [2.24, 2.45) is 0 Å². The molecule has 0 bridgehead atoms. The zero-order valence-corrected chi connectivity index (χ0v) is 24.2. The van der Waals surface area contributed by atoms with Gasteiger partial charge < -0.3 is 9.47 Å². The number of esters is 2. The van der Waals surface area contributed by atoms with Gasteiger partial charge in [0, 0.05) is 0 Å². The molecular weight excluding hydrogens is 544 g/mol. The summed E-state index contributed by atoms with van der Waals surface area (Å²) in [6.07, 6.45) is 0. The van der Waals surface area contributed by atoms with Crippen molar-refractivity contribution in [1.29, 1.82) is 0 Å². The molecule has 0 fully saturated rings. The van der Waals surface area contributed by atoms with E-state index in [1.807, 2.05) is 48.5 Å². The minimum atomic E-state index is -0.361. The van der Waals surface area contributed by atoms with Crippen LogP contribution in [0.5, 0.6) is 0 Å². The standard InChI is InChI=1S/C40H26O4/c1-43-39(41)27-19-15-25(16-20-27)35-29-11-3-7-23-9-6-14-32(33(23)29)38-36(26-17-21-28(22-18-26)40(42)44-2)30-12-4-8-24-10-5-13-31(34(24)30)37(35)38/h3-22H,1-2H3. The highest BCUT2D eigenvalue weighted by Gasteiger charge is 2.23. The maximum absolute atomic E-state index is 12.3. The SMILES string of the molecule is COC(=O)c1ccc(-c2c3cccc4cccc(c5c(-c6ccc(C(=O)OC)cc6)c6cccc7cccc(c25)c76)c43)cc1. The Morgan fingerprint density at radius 1 is 0.409 bits per heavy atom. The van der Waals surface area contributed by atoms with E-state index in [1.54, 1.807) is 0 Å². The highest BCUT2D eigenvalue weighted by atomic mass is 16.5. The smallest absolute Gasteiger partial charge is 0.337 e. The minimum Gasteiger partial charge on any atom is -0.465 e. The molecule has 0 atom stereocenters. The molecule has 0 radical (unpaired) electrons. The number of fused-ring (bicyclic) bond motifs is 3. The Kier molecular flexibility index (Phi) is 5.85. The molecular formula is C40H26O4. The lowest BCUT2D eigenvalue weighted by molar-refractivity contribution is 0.0592. The Morgan fingerprint density at radius 3 is 1.09 bits per heavy atom. The summed E-state index contributed by atoms with van der Waals surface area (Å²) in [6, 6.07) is 41.4. The van der Waals surface area contributed by atoms with Gasteiger partial charge >= 0.3 is 11.9 Å². The van der Waals surface area contributed by atoms with Crippen molar-refractivity contribution in [1.82, 2.24) is 0 Å². The van der Waals surface area contributed by atoms with E-state index in [2.05, 4.69) is 72.8 Å². The quantitative estimate of drug-likeness (QED) is 0.120. The van der Waals surface area contributed by atoms with Crippen molar-refractivity contribution >= 4 is 65.8 Å². The van der Waals surface area contributed by atoms with E-state index in [1.165, 1.54) is 35.8 Å². The number of hydrogen-bond donors (Lipinski definition) is 0. The van der Waals surface area contributed by atoms with Crippen molar-refractivity contribution in [2.45, 2.75) is 0 Å². The van der Waals surface area contributed by atoms with E-state index < -0.39 is 0 Å². The second-order valence-electron chi connectivity index (χ2n) is 11.1. The summed E-state index contributed by atoms with van der Waals surface area (Å²) in [5, 5.41) is 11.6. The number of hydrogen-bond acceptors (Lipinski definition) is 4. The first-order chi connectivity index (χ1) is 21.6. The summed E-state index contributed by atoms with van der Waals surface area (Å²) in [7, 11) is 2.80. The molecule has 0 heterocycles. The first kappa shape index (κ1) is 25.9. The first-order valence-electron chi connectivity index (χ1n) is 14.5. The van der Waals surface area contributed by atoms with Crippen LogP contribution in [0.15, 0.2) is 121 Å². The molecule has 8 aromatic rings. The van der Waals surface area contributed by atoms with E-state index in [0.717, 1.165) is 54.6 Å². The second kappa shape index (κ2) is 9.92. The monoisotopic (exact) mass is 570 g/mol. The predicted molar refractivity (Wildman–Crippen MR) is 179 cm³/mol. The molecule has 0 aliphatic heterocycles. The average Bonchev–Trinajstić information content (AvgIpc) is 3.08. The average molecular weight is 571 g/mol. The van der Waals surface area contributed by atoms with Gasteiger partial charge in [0.15, 0.2) is 0 Å². The fourth-order valence-corrected chi connectivity index (χ4v) is 6.95. The van der Waals surface area contributed by atoms with Gasteiger partial charge in [-0.15, -0.1) is 0 Å². The van der Waals surface area contributed by atoms with Gasteiger partial charge in [0.25, 0.3) is 0 Å². The van der Waals surface area contributed by atoms with Crippen molar-refractivity contribution in [2.75, 3.05) is 14.2 Å². The molecule has 0 unspecified atom stereocenters. The van der Waals surface area contributed by atoms with Crippen molar-refractivity contribution in [3.8, 4) is 22.3 Å². The molecule has 44 heavy (non-hydrogen) atoms. The molecule has 0 saturated carbocycles. The van der Waals surface area contributed by atoms with Crippen molar-refractivity contribution < 1.29 is 19.1 Å². The number of carbonyl (C=O) groups excluding carboxylic acids is 2. The molecule has 0 aromatic heterocycles. The van der Waals surface area contributed by atoms with E-state index in [0.29, 0.717) is 11.1 Å². The van der Waals surface area contributed by atoms with Gasteiger partial charge in [-0.1, -0.05) is 97.1 Å². The van der Waals surface area contributed by atoms with Crippen LogP contribution < -0.4 is 0 Å². The fraction of sp³-hybridized carbons (Fsp3) is 0.0500. The normalized spacial score (nSPS) is 11.6. The zero-order valence-electron chi connectivity index (χ0n) is 24.2. The Balaban J connectivity index is 1.62. The maximum atomic E-state index is 12.3. The summed E-state index contributed by atoms with van der Waals surface area (Å²) in [5.74, 6) is -0.722. The lowest BCUT2D eigenvalue weighted by Gasteiger charge is -2.23. The van der Waals surface area contributed by atoms with E-state index >= 15 is 0 Å². The van der Waals surface area contributed by atoms with Crippen molar-refractivity contribution in [3.05, 3.63) is 132 Å².